The molecule has 0 aliphatic carbocycles. The third-order valence-corrected chi connectivity index (χ3v) is 2.01. The van der Waals surface area contributed by atoms with Crippen LogP contribution in [0.4, 0.5) is 5.82 Å². The number of pyridine rings is 1. The van der Waals surface area contributed by atoms with E-state index in [9.17, 15) is 5.21 Å². The third kappa shape index (κ3) is 1.13. The summed E-state index contributed by atoms with van der Waals surface area (Å²) in [7, 11) is 0. The minimum absolute atomic E-state index is 0.201. The molecule has 0 spiro atoms. The van der Waals surface area contributed by atoms with Crippen LogP contribution in [0, 0.1) is 5.21 Å². The Morgan fingerprint density at radius 2 is 2.45 bits per heavy atom. The fourth-order valence-corrected chi connectivity index (χ4v) is 1.45. The van der Waals surface area contributed by atoms with Gasteiger partial charge in [-0.15, -0.1) is 0 Å². The zero-order chi connectivity index (χ0) is 7.68. The van der Waals surface area contributed by atoms with E-state index in [1.807, 2.05) is 12.1 Å². The Kier molecular flexibility index (Phi) is 1.60. The van der Waals surface area contributed by atoms with Gasteiger partial charge in [0.2, 0.25) is 5.82 Å². The van der Waals surface area contributed by atoms with Gasteiger partial charge in [-0.25, -0.2) is 4.98 Å². The van der Waals surface area contributed by atoms with Crippen molar-refractivity contribution >= 4 is 5.82 Å². The smallest absolute Gasteiger partial charge is 0.229 e. The molecule has 11 heavy (non-hydrogen) atoms. The van der Waals surface area contributed by atoms with Gasteiger partial charge in [-0.05, 0) is 18.6 Å². The number of aryl methyl sites for hydroxylation is 1. The van der Waals surface area contributed by atoms with Crippen LogP contribution in [-0.4, -0.2) is 11.5 Å². The van der Waals surface area contributed by atoms with Crippen LogP contribution in [0.2, 0.25) is 0 Å². The molecule has 2 heterocycles. The Bertz CT molecular complexity index is 262. The highest BCUT2D eigenvalue weighted by Gasteiger charge is 2.15. The van der Waals surface area contributed by atoms with Gasteiger partial charge in [0.25, 0.3) is 0 Å². The lowest BCUT2D eigenvalue weighted by molar-refractivity contribution is -0.782. The van der Waals surface area contributed by atoms with Crippen LogP contribution in [0.3, 0.4) is 0 Å². The maximum absolute atomic E-state index is 11.2. The van der Waals surface area contributed by atoms with E-state index in [2.05, 4.69) is 4.98 Å². The molecule has 1 aliphatic heterocycles. The largest absolute Gasteiger partial charge is 0.628 e. The van der Waals surface area contributed by atoms with Gasteiger partial charge in [-0.2, -0.15) is 0 Å². The van der Waals surface area contributed by atoms with E-state index < -0.39 is 0 Å². The number of rotatable bonds is 0. The predicted molar refractivity (Wildman–Crippen MR) is 41.4 cm³/mol. The van der Waals surface area contributed by atoms with Crippen LogP contribution < -0.4 is 5.06 Å². The molecule has 0 amide bonds. The van der Waals surface area contributed by atoms with Crippen molar-refractivity contribution in [1.29, 1.82) is 0 Å². The van der Waals surface area contributed by atoms with E-state index in [4.69, 9.17) is 0 Å². The van der Waals surface area contributed by atoms with E-state index >= 15 is 0 Å². The molecule has 2 rings (SSSR count). The van der Waals surface area contributed by atoms with Crippen molar-refractivity contribution in [1.82, 2.24) is 4.98 Å². The van der Waals surface area contributed by atoms with Crippen molar-refractivity contribution in [2.24, 2.45) is 0 Å². The van der Waals surface area contributed by atoms with Crippen LogP contribution in [0.5, 0.6) is 0 Å². The van der Waals surface area contributed by atoms with Crippen molar-refractivity contribution in [3.8, 4) is 0 Å². The quantitative estimate of drug-likeness (QED) is 0.530. The molecule has 1 unspecified atom stereocenters. The number of hydrogen-bond donors (Lipinski definition) is 1. The average Bonchev–Trinajstić information content (AvgIpc) is 2.06. The summed E-state index contributed by atoms with van der Waals surface area (Å²) >= 11 is 0. The minimum atomic E-state index is 0.201. The van der Waals surface area contributed by atoms with Gasteiger partial charge in [0.15, 0.2) is 0 Å². The summed E-state index contributed by atoms with van der Waals surface area (Å²) in [6.45, 7) is 0.671. The molecule has 1 aromatic rings. The molecule has 3 nitrogen and oxygen atoms in total. The van der Waals surface area contributed by atoms with E-state index in [0.29, 0.717) is 12.4 Å². The van der Waals surface area contributed by atoms with Crippen molar-refractivity contribution < 1.29 is 5.06 Å². The first kappa shape index (κ1) is 6.76. The lowest BCUT2D eigenvalue weighted by Gasteiger charge is -2.26. The number of aromatic nitrogens is 1. The summed E-state index contributed by atoms with van der Waals surface area (Å²) < 4.78 is 0. The molecule has 0 fully saturated rings. The van der Waals surface area contributed by atoms with Crippen LogP contribution >= 0.6 is 0 Å². The molecule has 0 aromatic carbocycles. The lowest BCUT2D eigenvalue weighted by Crippen LogP contribution is -3.03. The first-order valence-corrected chi connectivity index (χ1v) is 3.85. The number of fused-ring (bicyclic) bond motifs is 1. The highest BCUT2D eigenvalue weighted by atomic mass is 16.5. The summed E-state index contributed by atoms with van der Waals surface area (Å²) in [6, 6.07) is 3.87. The molecular formula is C8H10N2O. The maximum atomic E-state index is 11.2. The molecule has 58 valence electrons. The molecule has 1 aliphatic rings. The normalized spacial score (nSPS) is 22.8. The van der Waals surface area contributed by atoms with Gasteiger partial charge in [0, 0.05) is 18.2 Å². The molecule has 0 bridgehead atoms. The van der Waals surface area contributed by atoms with E-state index in [1.165, 1.54) is 0 Å². The Hall–Kier alpha value is -0.930. The number of nitrogens with zero attached hydrogens (tertiary/aromatic N) is 1. The highest BCUT2D eigenvalue weighted by molar-refractivity contribution is 5.32. The molecule has 1 aromatic heterocycles. The first-order chi connectivity index (χ1) is 5.38. The Morgan fingerprint density at radius 1 is 1.55 bits per heavy atom. The van der Waals surface area contributed by atoms with Gasteiger partial charge in [-0.1, -0.05) is 0 Å². The summed E-state index contributed by atoms with van der Waals surface area (Å²) in [5, 5.41) is 11.4. The maximum Gasteiger partial charge on any atom is 0.229 e. The molecular weight excluding hydrogens is 140 g/mol. The standard InChI is InChI=1S/C8H10N2O/c11-10-6-2-4-7-3-1-5-9-8(7)10/h1,3,5,10H,2,4,6H2. The third-order valence-electron chi connectivity index (χ3n) is 2.01. The minimum Gasteiger partial charge on any atom is -0.628 e. The van der Waals surface area contributed by atoms with Crippen molar-refractivity contribution in [3.05, 3.63) is 29.1 Å². The van der Waals surface area contributed by atoms with Gasteiger partial charge in [-0.3, -0.25) is 0 Å². The Balaban J connectivity index is 2.44. The molecule has 0 radical (unpaired) electrons. The van der Waals surface area contributed by atoms with Crippen LogP contribution in [0.1, 0.15) is 12.0 Å². The molecule has 0 saturated heterocycles. The second kappa shape index (κ2) is 2.60. The predicted octanol–water partition coefficient (Wildman–Crippen LogP) is 0.0420. The summed E-state index contributed by atoms with van der Waals surface area (Å²) in [4.78, 5) is 4.05. The van der Waals surface area contributed by atoms with Crippen molar-refractivity contribution in [2.75, 3.05) is 6.54 Å². The van der Waals surface area contributed by atoms with Crippen LogP contribution in [0.15, 0.2) is 18.3 Å². The van der Waals surface area contributed by atoms with Gasteiger partial charge < -0.3 is 10.3 Å². The van der Waals surface area contributed by atoms with E-state index in [0.717, 1.165) is 18.4 Å². The second-order valence-corrected chi connectivity index (χ2v) is 2.79. The first-order valence-electron chi connectivity index (χ1n) is 3.85. The monoisotopic (exact) mass is 150 g/mol. The van der Waals surface area contributed by atoms with Crippen LogP contribution in [-0.2, 0) is 6.42 Å². The SMILES string of the molecule is [O-][NH+]1CCCc2cccnc21. The zero-order valence-corrected chi connectivity index (χ0v) is 6.21. The van der Waals surface area contributed by atoms with E-state index in [1.54, 1.807) is 6.20 Å². The molecule has 3 heteroatoms. The summed E-state index contributed by atoms with van der Waals surface area (Å²) in [5.74, 6) is 0.693. The van der Waals surface area contributed by atoms with Crippen LogP contribution in [0.25, 0.3) is 0 Å². The molecule has 0 saturated carbocycles. The fraction of sp³-hybridized carbons (Fsp3) is 0.375. The second-order valence-electron chi connectivity index (χ2n) is 2.79. The van der Waals surface area contributed by atoms with E-state index in [-0.39, 0.29) is 5.06 Å². The lowest BCUT2D eigenvalue weighted by atomic mass is 10.1. The summed E-state index contributed by atoms with van der Waals surface area (Å²) in [6.07, 6.45) is 3.68. The average molecular weight is 150 g/mol. The number of hydroxylamine groups is 1. The zero-order valence-electron chi connectivity index (χ0n) is 6.21. The topological polar surface area (TPSA) is 40.4 Å². The van der Waals surface area contributed by atoms with Crippen molar-refractivity contribution in [2.45, 2.75) is 12.8 Å². The highest BCUT2D eigenvalue weighted by Crippen LogP contribution is 2.12. The molecule has 1 N–H and O–H groups in total. The number of quaternary nitrogens is 1. The summed E-state index contributed by atoms with van der Waals surface area (Å²) in [5.41, 5.74) is 1.11. The molecule has 1 atom stereocenters. The van der Waals surface area contributed by atoms with Gasteiger partial charge in [0.05, 0.1) is 6.54 Å². The van der Waals surface area contributed by atoms with Gasteiger partial charge >= 0.3 is 0 Å². The van der Waals surface area contributed by atoms with Gasteiger partial charge in [0.1, 0.15) is 0 Å². The fourth-order valence-electron chi connectivity index (χ4n) is 1.45. The number of nitrogens with one attached hydrogen (secondary N) is 1. The van der Waals surface area contributed by atoms with Crippen molar-refractivity contribution in [3.63, 3.8) is 0 Å². The number of hydrogen-bond acceptors (Lipinski definition) is 2. The Morgan fingerprint density at radius 3 is 3.27 bits per heavy atom. The Labute approximate surface area is 65.2 Å².